The van der Waals surface area contributed by atoms with E-state index < -0.39 is 11.7 Å². The van der Waals surface area contributed by atoms with Crippen molar-refractivity contribution in [1.29, 1.82) is 0 Å². The molecule has 2 N–H and O–H groups in total. The van der Waals surface area contributed by atoms with Gasteiger partial charge in [-0.25, -0.2) is 0 Å². The molecule has 0 unspecified atom stereocenters. The number of halogens is 3. The van der Waals surface area contributed by atoms with Crippen LogP contribution in [0.4, 0.5) is 18.9 Å². The van der Waals surface area contributed by atoms with Crippen LogP contribution in [0.25, 0.3) is 0 Å². The molecule has 29 heavy (non-hydrogen) atoms. The Bertz CT molecular complexity index is 984. The van der Waals surface area contributed by atoms with Gasteiger partial charge in [-0.15, -0.1) is 0 Å². The van der Waals surface area contributed by atoms with Crippen LogP contribution in [0.1, 0.15) is 21.5 Å². The van der Waals surface area contributed by atoms with Crippen LogP contribution in [0.2, 0.25) is 0 Å². The molecule has 0 aliphatic rings. The zero-order valence-corrected chi connectivity index (χ0v) is 15.4. The summed E-state index contributed by atoms with van der Waals surface area (Å²) < 4.78 is 39.0. The second-order valence-corrected chi connectivity index (χ2v) is 6.33. The minimum absolute atomic E-state index is 0.229. The molecule has 148 valence electrons. The lowest BCUT2D eigenvalue weighted by atomic mass is 10.1. The van der Waals surface area contributed by atoms with E-state index in [0.29, 0.717) is 17.9 Å². The highest BCUT2D eigenvalue weighted by atomic mass is 19.4. The highest BCUT2D eigenvalue weighted by Crippen LogP contribution is 2.30. The third-order valence-corrected chi connectivity index (χ3v) is 4.13. The van der Waals surface area contributed by atoms with E-state index in [-0.39, 0.29) is 11.5 Å². The Labute approximate surface area is 166 Å². The van der Waals surface area contributed by atoms with Gasteiger partial charge in [-0.05, 0) is 23.8 Å². The van der Waals surface area contributed by atoms with E-state index in [1.54, 1.807) is 30.3 Å². The van der Waals surface area contributed by atoms with Crippen molar-refractivity contribution < 1.29 is 18.0 Å². The largest absolute Gasteiger partial charge is 0.416 e. The lowest BCUT2D eigenvalue weighted by Gasteiger charge is -2.15. The second-order valence-electron chi connectivity index (χ2n) is 6.33. The van der Waals surface area contributed by atoms with Crippen molar-refractivity contribution in [3.05, 3.63) is 114 Å². The Morgan fingerprint density at radius 2 is 1.52 bits per heavy atom. The van der Waals surface area contributed by atoms with Gasteiger partial charge in [0.2, 0.25) is 0 Å². The van der Waals surface area contributed by atoms with Gasteiger partial charge >= 0.3 is 6.18 Å². The number of hydrogen-bond donors (Lipinski definition) is 2. The summed E-state index contributed by atoms with van der Waals surface area (Å²) in [6.45, 7) is 0.403. The van der Waals surface area contributed by atoms with Gasteiger partial charge in [0.1, 0.15) is 5.82 Å². The zero-order chi connectivity index (χ0) is 20.7. The Balaban J connectivity index is 1.84. The third-order valence-electron chi connectivity index (χ3n) is 4.13. The molecule has 0 saturated heterocycles. The van der Waals surface area contributed by atoms with E-state index >= 15 is 0 Å². The fourth-order valence-electron chi connectivity index (χ4n) is 2.67. The average molecular weight is 396 g/mol. The van der Waals surface area contributed by atoms with Crippen LogP contribution >= 0.6 is 0 Å². The average Bonchev–Trinajstić information content (AvgIpc) is 2.73. The van der Waals surface area contributed by atoms with Crippen LogP contribution in [0.3, 0.4) is 0 Å². The van der Waals surface area contributed by atoms with Crippen molar-refractivity contribution in [2.45, 2.75) is 12.7 Å². The number of allylic oxidation sites excluding steroid dienone is 1. The number of carbonyl (C=O) groups is 1. The van der Waals surface area contributed by atoms with E-state index in [4.69, 9.17) is 0 Å². The number of benzene rings is 3. The van der Waals surface area contributed by atoms with Gasteiger partial charge in [-0.3, -0.25) is 4.79 Å². The fourth-order valence-corrected chi connectivity index (χ4v) is 2.67. The maximum Gasteiger partial charge on any atom is 0.416 e. The van der Waals surface area contributed by atoms with Crippen LogP contribution in [0.15, 0.2) is 96.8 Å². The fraction of sp³-hybridized carbons (Fsp3) is 0.0870. The molecule has 3 rings (SSSR count). The molecule has 0 radical (unpaired) electrons. The van der Waals surface area contributed by atoms with Gasteiger partial charge < -0.3 is 10.6 Å². The molecule has 3 nitrogen and oxygen atoms in total. The summed E-state index contributed by atoms with van der Waals surface area (Å²) in [5.74, 6) is 0.0441. The van der Waals surface area contributed by atoms with E-state index in [1.165, 1.54) is 18.2 Å². The topological polar surface area (TPSA) is 41.1 Å². The van der Waals surface area contributed by atoms with Crippen molar-refractivity contribution in [3.63, 3.8) is 0 Å². The van der Waals surface area contributed by atoms with Crippen molar-refractivity contribution in [2.24, 2.45) is 0 Å². The lowest BCUT2D eigenvalue weighted by Crippen LogP contribution is -2.21. The summed E-state index contributed by atoms with van der Waals surface area (Å²) in [7, 11) is 0. The summed E-state index contributed by atoms with van der Waals surface area (Å²) in [6.07, 6.45) is -3.10. The van der Waals surface area contributed by atoms with Gasteiger partial charge in [0.05, 0.1) is 5.56 Å². The van der Waals surface area contributed by atoms with Crippen molar-refractivity contribution in [1.82, 2.24) is 5.32 Å². The lowest BCUT2D eigenvalue weighted by molar-refractivity contribution is -0.137. The predicted octanol–water partition coefficient (Wildman–Crippen LogP) is 5.63. The van der Waals surface area contributed by atoms with Crippen LogP contribution in [-0.2, 0) is 12.7 Å². The van der Waals surface area contributed by atoms with Gasteiger partial charge in [0.25, 0.3) is 0 Å². The summed E-state index contributed by atoms with van der Waals surface area (Å²) in [5, 5.41) is 5.98. The maximum atomic E-state index is 13.0. The van der Waals surface area contributed by atoms with Gasteiger partial charge in [-0.2, -0.15) is 13.2 Å². The Morgan fingerprint density at radius 1 is 0.862 bits per heavy atom. The minimum Gasteiger partial charge on any atom is -0.367 e. The van der Waals surface area contributed by atoms with E-state index in [2.05, 4.69) is 10.6 Å². The van der Waals surface area contributed by atoms with Crippen LogP contribution in [0.5, 0.6) is 0 Å². The molecular weight excluding hydrogens is 377 g/mol. The van der Waals surface area contributed by atoms with Crippen LogP contribution < -0.4 is 10.6 Å². The molecule has 3 aromatic carbocycles. The summed E-state index contributed by atoms with van der Waals surface area (Å²) in [5.41, 5.74) is 0.917. The number of carbonyl (C=O) groups excluding carboxylic acids is 1. The first-order chi connectivity index (χ1) is 13.9. The zero-order valence-electron chi connectivity index (χ0n) is 15.4. The van der Waals surface area contributed by atoms with Gasteiger partial charge in [0, 0.05) is 23.9 Å². The van der Waals surface area contributed by atoms with Crippen molar-refractivity contribution >= 4 is 11.5 Å². The summed E-state index contributed by atoms with van der Waals surface area (Å²) in [4.78, 5) is 12.5. The number of nitrogens with one attached hydrogen (secondary N) is 2. The maximum absolute atomic E-state index is 13.0. The molecule has 0 bridgehead atoms. The molecule has 0 aromatic heterocycles. The molecule has 0 fully saturated rings. The van der Waals surface area contributed by atoms with Crippen molar-refractivity contribution in [3.8, 4) is 0 Å². The van der Waals surface area contributed by atoms with E-state index in [1.807, 2.05) is 30.3 Å². The predicted molar refractivity (Wildman–Crippen MR) is 107 cm³/mol. The first-order valence-corrected chi connectivity index (χ1v) is 8.95. The first kappa shape index (κ1) is 20.2. The monoisotopic (exact) mass is 396 g/mol. The number of rotatable bonds is 7. The molecule has 0 saturated carbocycles. The van der Waals surface area contributed by atoms with Crippen LogP contribution in [-0.4, -0.2) is 5.78 Å². The molecule has 0 atom stereocenters. The Hall–Kier alpha value is -3.54. The molecule has 0 aliphatic heterocycles. The number of alkyl halides is 3. The number of hydrogen-bond acceptors (Lipinski definition) is 3. The van der Waals surface area contributed by atoms with Gasteiger partial charge in [0.15, 0.2) is 5.78 Å². The first-order valence-electron chi connectivity index (χ1n) is 8.95. The quantitative estimate of drug-likeness (QED) is 0.402. The SMILES string of the molecule is O=C(/C=C(\NCc1ccccc1)Nc1cccc(C(F)(F)F)c1)c1ccccc1. The smallest absolute Gasteiger partial charge is 0.367 e. The molecule has 0 amide bonds. The highest BCUT2D eigenvalue weighted by Gasteiger charge is 2.30. The molecule has 3 aromatic rings. The van der Waals surface area contributed by atoms with E-state index in [0.717, 1.165) is 17.7 Å². The highest BCUT2D eigenvalue weighted by molar-refractivity contribution is 6.05. The summed E-state index contributed by atoms with van der Waals surface area (Å²) in [6, 6.07) is 23.0. The number of ketones is 1. The summed E-state index contributed by atoms with van der Waals surface area (Å²) >= 11 is 0. The standard InChI is InChI=1S/C23H19F3N2O/c24-23(25,26)19-12-7-13-20(14-19)28-22(27-16-17-8-3-1-4-9-17)15-21(29)18-10-5-2-6-11-18/h1-15,27-28H,16H2/b22-15+. The molecule has 0 spiro atoms. The van der Waals surface area contributed by atoms with Crippen molar-refractivity contribution in [2.75, 3.05) is 5.32 Å². The molecule has 0 heterocycles. The molecule has 6 heteroatoms. The number of anilines is 1. The Kier molecular flexibility index (Phi) is 6.34. The Morgan fingerprint density at radius 3 is 2.17 bits per heavy atom. The van der Waals surface area contributed by atoms with E-state index in [9.17, 15) is 18.0 Å². The van der Waals surface area contributed by atoms with Crippen LogP contribution in [0, 0.1) is 0 Å². The molecule has 0 aliphatic carbocycles. The van der Waals surface area contributed by atoms with Gasteiger partial charge in [-0.1, -0.05) is 66.7 Å². The molecular formula is C23H19F3N2O. The normalized spacial score (nSPS) is 11.8. The second kappa shape index (κ2) is 9.10. The third kappa shape index (κ3) is 5.97. The minimum atomic E-state index is -4.45.